The van der Waals surface area contributed by atoms with Gasteiger partial charge in [-0.1, -0.05) is 30.3 Å². The van der Waals surface area contributed by atoms with Gasteiger partial charge in [0.05, 0.1) is 0 Å². The Kier molecular flexibility index (Phi) is 4.58. The molecule has 0 bridgehead atoms. The van der Waals surface area contributed by atoms with Crippen LogP contribution in [0.25, 0.3) is 0 Å². The summed E-state index contributed by atoms with van der Waals surface area (Å²) in [6.45, 7) is 5.71. The SMILES string of the molecule is Cc1ccc(C)c(O)c1.Cc1ccccc1O. The number of para-hydroxylation sites is 1. The fraction of sp³-hybridized carbons (Fsp3) is 0.200. The molecule has 2 aromatic rings. The van der Waals surface area contributed by atoms with Crippen molar-refractivity contribution >= 4 is 0 Å². The van der Waals surface area contributed by atoms with Crippen molar-refractivity contribution in [1.29, 1.82) is 0 Å². The maximum Gasteiger partial charge on any atom is 0.118 e. The van der Waals surface area contributed by atoms with Crippen LogP contribution in [0.4, 0.5) is 0 Å². The summed E-state index contributed by atoms with van der Waals surface area (Å²) in [6.07, 6.45) is 0. The number of phenols is 2. The van der Waals surface area contributed by atoms with Crippen molar-refractivity contribution in [1.82, 2.24) is 0 Å². The van der Waals surface area contributed by atoms with E-state index in [-0.39, 0.29) is 0 Å². The van der Waals surface area contributed by atoms with Gasteiger partial charge >= 0.3 is 0 Å². The van der Waals surface area contributed by atoms with Crippen molar-refractivity contribution in [2.75, 3.05) is 0 Å². The van der Waals surface area contributed by atoms with Gasteiger partial charge in [-0.05, 0) is 49.6 Å². The summed E-state index contributed by atoms with van der Waals surface area (Å²) in [5.74, 6) is 0.752. The monoisotopic (exact) mass is 230 g/mol. The van der Waals surface area contributed by atoms with Gasteiger partial charge in [0.2, 0.25) is 0 Å². The molecule has 0 aromatic heterocycles. The second-order valence-electron chi connectivity index (χ2n) is 4.08. The molecular weight excluding hydrogens is 212 g/mol. The third kappa shape index (κ3) is 4.19. The molecule has 0 saturated heterocycles. The van der Waals surface area contributed by atoms with E-state index < -0.39 is 0 Å². The largest absolute Gasteiger partial charge is 0.508 e. The summed E-state index contributed by atoms with van der Waals surface area (Å²) in [6, 6.07) is 12.9. The maximum atomic E-state index is 9.10. The standard InChI is InChI=1S/C8H10O.C7H8O/c1-6-3-4-7(2)8(9)5-6;1-6-4-2-3-5-7(6)8/h3-5,9H,1-2H3;2-5,8H,1H3. The fourth-order valence-electron chi connectivity index (χ4n) is 1.28. The van der Waals surface area contributed by atoms with Crippen LogP contribution in [-0.4, -0.2) is 10.2 Å². The molecule has 90 valence electrons. The van der Waals surface area contributed by atoms with Crippen molar-refractivity contribution in [2.24, 2.45) is 0 Å². The Morgan fingerprint density at radius 3 is 1.71 bits per heavy atom. The Morgan fingerprint density at radius 1 is 0.706 bits per heavy atom. The van der Waals surface area contributed by atoms with Crippen LogP contribution >= 0.6 is 0 Å². The third-order valence-electron chi connectivity index (χ3n) is 2.48. The lowest BCUT2D eigenvalue weighted by Crippen LogP contribution is -1.74. The minimum absolute atomic E-state index is 0.368. The van der Waals surface area contributed by atoms with E-state index in [0.29, 0.717) is 11.5 Å². The Hall–Kier alpha value is -1.96. The highest BCUT2D eigenvalue weighted by Gasteiger charge is 1.91. The van der Waals surface area contributed by atoms with Gasteiger partial charge in [-0.25, -0.2) is 0 Å². The normalized spacial score (nSPS) is 9.35. The van der Waals surface area contributed by atoms with Gasteiger partial charge in [-0.15, -0.1) is 0 Å². The van der Waals surface area contributed by atoms with Crippen LogP contribution in [0.2, 0.25) is 0 Å². The molecular formula is C15H18O2. The quantitative estimate of drug-likeness (QED) is 0.724. The zero-order valence-electron chi connectivity index (χ0n) is 10.4. The van der Waals surface area contributed by atoms with E-state index in [1.807, 2.05) is 51.1 Å². The lowest BCUT2D eigenvalue weighted by Gasteiger charge is -1.97. The molecule has 0 unspecified atom stereocenters. The summed E-state index contributed by atoms with van der Waals surface area (Å²) >= 11 is 0. The molecule has 0 aliphatic rings. The van der Waals surface area contributed by atoms with Gasteiger partial charge in [0.25, 0.3) is 0 Å². The zero-order chi connectivity index (χ0) is 12.8. The van der Waals surface area contributed by atoms with E-state index in [1.165, 1.54) is 0 Å². The number of aromatic hydroxyl groups is 2. The number of phenolic OH excluding ortho intramolecular Hbond substituents is 2. The van der Waals surface area contributed by atoms with E-state index in [1.54, 1.807) is 12.1 Å². The van der Waals surface area contributed by atoms with Gasteiger partial charge in [0.1, 0.15) is 11.5 Å². The minimum Gasteiger partial charge on any atom is -0.508 e. The Balaban J connectivity index is 0.000000171. The van der Waals surface area contributed by atoms with E-state index in [9.17, 15) is 0 Å². The van der Waals surface area contributed by atoms with Gasteiger partial charge < -0.3 is 10.2 Å². The van der Waals surface area contributed by atoms with Crippen LogP contribution in [0, 0.1) is 20.8 Å². The minimum atomic E-state index is 0.368. The first-order valence-electron chi connectivity index (χ1n) is 5.51. The summed E-state index contributed by atoms with van der Waals surface area (Å²) < 4.78 is 0. The molecule has 0 atom stereocenters. The van der Waals surface area contributed by atoms with Gasteiger partial charge in [-0.2, -0.15) is 0 Å². The highest BCUT2D eigenvalue weighted by atomic mass is 16.3. The first-order chi connectivity index (χ1) is 8.00. The van der Waals surface area contributed by atoms with E-state index in [2.05, 4.69) is 0 Å². The zero-order valence-corrected chi connectivity index (χ0v) is 10.4. The van der Waals surface area contributed by atoms with Crippen LogP contribution in [0.5, 0.6) is 11.5 Å². The van der Waals surface area contributed by atoms with Crippen LogP contribution in [0.15, 0.2) is 42.5 Å². The molecule has 0 aliphatic heterocycles. The molecule has 0 radical (unpaired) electrons. The van der Waals surface area contributed by atoms with Crippen molar-refractivity contribution in [3.8, 4) is 11.5 Å². The Labute approximate surface area is 102 Å². The van der Waals surface area contributed by atoms with Crippen LogP contribution in [0.3, 0.4) is 0 Å². The van der Waals surface area contributed by atoms with Crippen LogP contribution in [-0.2, 0) is 0 Å². The highest BCUT2D eigenvalue weighted by Crippen LogP contribution is 2.16. The molecule has 0 aliphatic carbocycles. The molecule has 0 saturated carbocycles. The van der Waals surface area contributed by atoms with Gasteiger partial charge in [0.15, 0.2) is 0 Å². The average molecular weight is 230 g/mol. The summed E-state index contributed by atoms with van der Waals surface area (Å²) in [7, 11) is 0. The van der Waals surface area contributed by atoms with Crippen molar-refractivity contribution in [2.45, 2.75) is 20.8 Å². The van der Waals surface area contributed by atoms with Crippen molar-refractivity contribution in [3.05, 3.63) is 59.2 Å². The maximum absolute atomic E-state index is 9.10. The molecule has 17 heavy (non-hydrogen) atoms. The highest BCUT2D eigenvalue weighted by molar-refractivity contribution is 5.34. The average Bonchev–Trinajstić information content (AvgIpc) is 2.29. The molecule has 2 aromatic carbocycles. The van der Waals surface area contributed by atoms with E-state index in [0.717, 1.165) is 16.7 Å². The summed E-state index contributed by atoms with van der Waals surface area (Å²) in [4.78, 5) is 0. The molecule has 0 amide bonds. The predicted molar refractivity (Wildman–Crippen MR) is 70.4 cm³/mol. The van der Waals surface area contributed by atoms with Gasteiger partial charge in [0, 0.05) is 0 Å². The van der Waals surface area contributed by atoms with Crippen molar-refractivity contribution in [3.63, 3.8) is 0 Å². The molecule has 0 heterocycles. The Bertz CT molecular complexity index is 469. The molecule has 2 nitrogen and oxygen atoms in total. The molecule has 0 spiro atoms. The van der Waals surface area contributed by atoms with Crippen LogP contribution in [0.1, 0.15) is 16.7 Å². The molecule has 2 rings (SSSR count). The number of benzene rings is 2. The van der Waals surface area contributed by atoms with E-state index >= 15 is 0 Å². The number of rotatable bonds is 0. The second-order valence-corrected chi connectivity index (χ2v) is 4.08. The van der Waals surface area contributed by atoms with Gasteiger partial charge in [-0.3, -0.25) is 0 Å². The number of hydrogen-bond donors (Lipinski definition) is 2. The Morgan fingerprint density at radius 2 is 1.29 bits per heavy atom. The first-order valence-corrected chi connectivity index (χ1v) is 5.51. The lowest BCUT2D eigenvalue weighted by molar-refractivity contribution is 0.470. The topological polar surface area (TPSA) is 40.5 Å². The summed E-state index contributed by atoms with van der Waals surface area (Å²) in [5.41, 5.74) is 2.95. The van der Waals surface area contributed by atoms with E-state index in [4.69, 9.17) is 10.2 Å². The number of aryl methyl sites for hydroxylation is 3. The third-order valence-corrected chi connectivity index (χ3v) is 2.48. The number of hydrogen-bond acceptors (Lipinski definition) is 2. The first kappa shape index (κ1) is 13.1. The lowest BCUT2D eigenvalue weighted by atomic mass is 10.1. The van der Waals surface area contributed by atoms with Crippen molar-refractivity contribution < 1.29 is 10.2 Å². The smallest absolute Gasteiger partial charge is 0.118 e. The fourth-order valence-corrected chi connectivity index (χ4v) is 1.28. The predicted octanol–water partition coefficient (Wildman–Crippen LogP) is 3.71. The van der Waals surface area contributed by atoms with Crippen LogP contribution < -0.4 is 0 Å². The molecule has 0 fully saturated rings. The summed E-state index contributed by atoms with van der Waals surface area (Å²) in [5, 5.41) is 18.0. The molecule has 2 N–H and O–H groups in total. The molecule has 2 heteroatoms. The second kappa shape index (κ2) is 5.94.